The lowest BCUT2D eigenvalue weighted by Gasteiger charge is -2.16. The number of rotatable bonds is 3. The van der Waals surface area contributed by atoms with Gasteiger partial charge in [0.05, 0.1) is 11.1 Å². The fraction of sp³-hybridized carbons (Fsp3) is 0.176. The maximum Gasteiger partial charge on any atom is 0.573 e. The van der Waals surface area contributed by atoms with Crippen molar-refractivity contribution in [2.45, 2.75) is 19.5 Å². The zero-order valence-electron chi connectivity index (χ0n) is 12.6. The van der Waals surface area contributed by atoms with Gasteiger partial charge in [0.25, 0.3) is 5.91 Å². The molecule has 0 spiro atoms. The number of amides is 1. The summed E-state index contributed by atoms with van der Waals surface area (Å²) in [6.45, 7) is 0.479. The first-order valence-electron chi connectivity index (χ1n) is 7.13. The largest absolute Gasteiger partial charge is 0.573 e. The Bertz CT molecular complexity index is 873. The van der Waals surface area contributed by atoms with Crippen molar-refractivity contribution >= 4 is 17.5 Å². The molecular formula is C17H10ClF3N2O2. The van der Waals surface area contributed by atoms with Gasteiger partial charge in [0.1, 0.15) is 11.8 Å². The van der Waals surface area contributed by atoms with Crippen molar-refractivity contribution in [3.8, 4) is 11.8 Å². The molecule has 1 heterocycles. The van der Waals surface area contributed by atoms with Gasteiger partial charge in [0, 0.05) is 18.1 Å². The summed E-state index contributed by atoms with van der Waals surface area (Å²) < 4.78 is 40.3. The maximum atomic E-state index is 12.5. The SMILES string of the molecule is N#Cc1cc(Cl)cc2c1C(=O)N(Cc1ccc(OC(F)(F)F)cc1)C2. The molecule has 2 aromatic rings. The molecule has 0 fully saturated rings. The van der Waals surface area contributed by atoms with E-state index in [4.69, 9.17) is 16.9 Å². The lowest BCUT2D eigenvalue weighted by Crippen LogP contribution is -2.23. The molecule has 0 aromatic heterocycles. The molecule has 0 saturated carbocycles. The Kier molecular flexibility index (Phi) is 4.31. The summed E-state index contributed by atoms with van der Waals surface area (Å²) in [5.41, 5.74) is 1.83. The molecule has 128 valence electrons. The Morgan fingerprint density at radius 2 is 1.92 bits per heavy atom. The molecule has 0 unspecified atom stereocenters. The van der Waals surface area contributed by atoms with Gasteiger partial charge < -0.3 is 9.64 Å². The fourth-order valence-corrected chi connectivity index (χ4v) is 2.95. The summed E-state index contributed by atoms with van der Waals surface area (Å²) in [5.74, 6) is -0.635. The number of carbonyl (C=O) groups is 1. The first-order chi connectivity index (χ1) is 11.8. The second-order valence-electron chi connectivity index (χ2n) is 5.45. The first kappa shape index (κ1) is 17.1. The van der Waals surface area contributed by atoms with Crippen molar-refractivity contribution in [3.63, 3.8) is 0 Å². The van der Waals surface area contributed by atoms with Crippen molar-refractivity contribution in [2.24, 2.45) is 0 Å². The average molecular weight is 367 g/mol. The van der Waals surface area contributed by atoms with E-state index in [0.717, 1.165) is 0 Å². The average Bonchev–Trinajstić information content (AvgIpc) is 2.83. The molecule has 0 atom stereocenters. The Balaban J connectivity index is 1.77. The monoisotopic (exact) mass is 366 g/mol. The van der Waals surface area contributed by atoms with Crippen LogP contribution in [0.2, 0.25) is 5.02 Å². The Morgan fingerprint density at radius 1 is 1.24 bits per heavy atom. The van der Waals surface area contributed by atoms with E-state index < -0.39 is 6.36 Å². The molecule has 25 heavy (non-hydrogen) atoms. The zero-order valence-corrected chi connectivity index (χ0v) is 13.4. The quantitative estimate of drug-likeness (QED) is 0.815. The van der Waals surface area contributed by atoms with Crippen LogP contribution in [0.25, 0.3) is 0 Å². The summed E-state index contributed by atoms with van der Waals surface area (Å²) in [6.07, 6.45) is -4.75. The number of carbonyl (C=O) groups excluding carboxylic acids is 1. The number of nitrogens with zero attached hydrogens (tertiary/aromatic N) is 2. The van der Waals surface area contributed by atoms with Gasteiger partial charge >= 0.3 is 6.36 Å². The van der Waals surface area contributed by atoms with Gasteiger partial charge in [0.15, 0.2) is 0 Å². The highest BCUT2D eigenvalue weighted by Gasteiger charge is 2.32. The number of alkyl halides is 3. The van der Waals surface area contributed by atoms with E-state index in [2.05, 4.69) is 4.74 Å². The number of ether oxygens (including phenoxy) is 1. The van der Waals surface area contributed by atoms with Gasteiger partial charge in [-0.3, -0.25) is 4.79 Å². The summed E-state index contributed by atoms with van der Waals surface area (Å²) in [5, 5.41) is 9.53. The van der Waals surface area contributed by atoms with Crippen LogP contribution in [-0.2, 0) is 13.1 Å². The molecule has 0 bridgehead atoms. The highest BCUT2D eigenvalue weighted by Crippen LogP contribution is 2.30. The minimum absolute atomic E-state index is 0.197. The standard InChI is InChI=1S/C17H10ClF3N2O2/c18-13-5-11(7-22)15-12(6-13)9-23(16(15)24)8-10-1-3-14(4-2-10)25-17(19,20)21/h1-6H,8-9H2. The molecule has 8 heteroatoms. The van der Waals surface area contributed by atoms with Crippen LogP contribution in [0.1, 0.15) is 27.0 Å². The second-order valence-corrected chi connectivity index (χ2v) is 5.89. The van der Waals surface area contributed by atoms with E-state index in [1.807, 2.05) is 6.07 Å². The van der Waals surface area contributed by atoms with Crippen LogP contribution in [0.4, 0.5) is 13.2 Å². The van der Waals surface area contributed by atoms with E-state index in [1.54, 1.807) is 6.07 Å². The van der Waals surface area contributed by atoms with Crippen molar-refractivity contribution < 1.29 is 22.7 Å². The number of hydrogen-bond donors (Lipinski definition) is 0. The molecule has 1 aliphatic heterocycles. The third kappa shape index (κ3) is 3.69. The van der Waals surface area contributed by atoms with Gasteiger partial charge in [-0.15, -0.1) is 13.2 Å². The molecule has 0 N–H and O–H groups in total. The molecule has 0 saturated heterocycles. The zero-order chi connectivity index (χ0) is 18.2. The summed E-state index contributed by atoms with van der Waals surface area (Å²) in [7, 11) is 0. The van der Waals surface area contributed by atoms with E-state index in [-0.39, 0.29) is 30.3 Å². The predicted molar refractivity (Wildman–Crippen MR) is 82.9 cm³/mol. The lowest BCUT2D eigenvalue weighted by molar-refractivity contribution is -0.274. The minimum Gasteiger partial charge on any atom is -0.406 e. The topological polar surface area (TPSA) is 53.3 Å². The van der Waals surface area contributed by atoms with Crippen molar-refractivity contribution in [3.05, 3.63) is 63.7 Å². The van der Waals surface area contributed by atoms with E-state index in [0.29, 0.717) is 21.7 Å². The fourth-order valence-electron chi connectivity index (χ4n) is 2.71. The molecule has 4 nitrogen and oxygen atoms in total. The van der Waals surface area contributed by atoms with E-state index >= 15 is 0 Å². The van der Waals surface area contributed by atoms with Crippen LogP contribution in [0.5, 0.6) is 5.75 Å². The molecule has 1 aliphatic rings. The first-order valence-corrected chi connectivity index (χ1v) is 7.51. The number of benzene rings is 2. The molecule has 2 aromatic carbocycles. The number of halogens is 4. The van der Waals surface area contributed by atoms with Crippen molar-refractivity contribution in [1.29, 1.82) is 5.26 Å². The Morgan fingerprint density at radius 3 is 2.52 bits per heavy atom. The number of hydrogen-bond acceptors (Lipinski definition) is 3. The number of nitriles is 1. The van der Waals surface area contributed by atoms with Crippen LogP contribution in [0.3, 0.4) is 0 Å². The summed E-state index contributed by atoms with van der Waals surface area (Å²) in [4.78, 5) is 14.0. The predicted octanol–water partition coefficient (Wildman–Crippen LogP) is 4.27. The van der Waals surface area contributed by atoms with Crippen LogP contribution in [0, 0.1) is 11.3 Å². The molecule has 3 rings (SSSR count). The molecular weight excluding hydrogens is 357 g/mol. The van der Waals surface area contributed by atoms with Crippen LogP contribution in [-0.4, -0.2) is 17.2 Å². The van der Waals surface area contributed by atoms with Crippen molar-refractivity contribution in [1.82, 2.24) is 4.90 Å². The third-order valence-corrected chi connectivity index (χ3v) is 3.92. The van der Waals surface area contributed by atoms with Gasteiger partial charge in [-0.1, -0.05) is 23.7 Å². The molecule has 0 aliphatic carbocycles. The van der Waals surface area contributed by atoms with Gasteiger partial charge in [0.2, 0.25) is 0 Å². The highest BCUT2D eigenvalue weighted by atomic mass is 35.5. The smallest absolute Gasteiger partial charge is 0.406 e. The van der Waals surface area contributed by atoms with Crippen LogP contribution >= 0.6 is 11.6 Å². The van der Waals surface area contributed by atoms with Crippen molar-refractivity contribution in [2.75, 3.05) is 0 Å². The Hall–Kier alpha value is -2.72. The van der Waals surface area contributed by atoms with E-state index in [9.17, 15) is 18.0 Å². The van der Waals surface area contributed by atoms with Gasteiger partial charge in [-0.2, -0.15) is 5.26 Å². The molecule has 1 amide bonds. The van der Waals surface area contributed by atoms with Crippen LogP contribution in [0.15, 0.2) is 36.4 Å². The second kappa shape index (κ2) is 6.30. The summed E-state index contributed by atoms with van der Waals surface area (Å²) >= 11 is 5.95. The highest BCUT2D eigenvalue weighted by molar-refractivity contribution is 6.31. The Labute approximate surface area is 146 Å². The number of fused-ring (bicyclic) bond motifs is 1. The summed E-state index contributed by atoms with van der Waals surface area (Å²) in [6, 6.07) is 10.3. The van der Waals surface area contributed by atoms with Crippen LogP contribution < -0.4 is 4.74 Å². The van der Waals surface area contributed by atoms with Gasteiger partial charge in [-0.05, 0) is 35.4 Å². The minimum atomic E-state index is -4.75. The maximum absolute atomic E-state index is 12.5. The normalized spacial score (nSPS) is 13.6. The lowest BCUT2D eigenvalue weighted by atomic mass is 10.0. The van der Waals surface area contributed by atoms with Gasteiger partial charge in [-0.25, -0.2) is 0 Å². The van der Waals surface area contributed by atoms with E-state index in [1.165, 1.54) is 35.2 Å². The third-order valence-electron chi connectivity index (χ3n) is 3.70. The molecule has 0 radical (unpaired) electrons.